The van der Waals surface area contributed by atoms with Crippen molar-refractivity contribution in [3.05, 3.63) is 47.0 Å². The maximum Gasteiger partial charge on any atom is 0.284 e. The first-order chi connectivity index (χ1) is 14.8. The third-order valence-electron chi connectivity index (χ3n) is 4.94. The first kappa shape index (κ1) is 21.7. The molecule has 164 valence electrons. The number of nitrogens with one attached hydrogen (secondary N) is 3. The molecule has 0 aliphatic carbocycles. The van der Waals surface area contributed by atoms with E-state index in [0.29, 0.717) is 17.0 Å². The number of nitrogens with two attached hydrogens (primary N) is 1. The lowest BCUT2D eigenvalue weighted by Gasteiger charge is -2.24. The quantitative estimate of drug-likeness (QED) is 0.399. The van der Waals surface area contributed by atoms with Gasteiger partial charge in [0.2, 0.25) is 11.9 Å². The van der Waals surface area contributed by atoms with Crippen molar-refractivity contribution in [2.75, 3.05) is 24.1 Å². The number of nitrogens with zero attached hydrogens (tertiary/aromatic N) is 2. The lowest BCUT2D eigenvalue weighted by molar-refractivity contribution is 0.105. The second-order valence-electron chi connectivity index (χ2n) is 7.26. The van der Waals surface area contributed by atoms with Crippen LogP contribution in [0.1, 0.15) is 18.4 Å². The summed E-state index contributed by atoms with van der Waals surface area (Å²) in [7, 11) is 1.56. The molecule has 5 N–H and O–H groups in total. The number of hydrogen-bond donors (Lipinski definition) is 4. The Morgan fingerprint density at radius 1 is 1.19 bits per heavy atom. The third kappa shape index (κ3) is 5.23. The highest BCUT2D eigenvalue weighted by Crippen LogP contribution is 2.45. The van der Waals surface area contributed by atoms with Crippen molar-refractivity contribution in [3.63, 3.8) is 0 Å². The van der Waals surface area contributed by atoms with Gasteiger partial charge in [-0.3, -0.25) is 0 Å². The molecule has 0 saturated carbocycles. The Hall–Kier alpha value is -2.48. The monoisotopic (exact) mass is 466 g/mol. The number of nitrogen functional groups attached to an aromatic ring is 1. The van der Waals surface area contributed by atoms with Crippen molar-refractivity contribution in [1.82, 2.24) is 20.5 Å². The summed E-state index contributed by atoms with van der Waals surface area (Å²) in [6.45, 7) is 1.84. The molecule has 0 amide bonds. The zero-order chi connectivity index (χ0) is 22.0. The summed E-state index contributed by atoms with van der Waals surface area (Å²) < 4.78 is 35.0. The molecule has 7 nitrogen and oxygen atoms in total. The van der Waals surface area contributed by atoms with E-state index in [4.69, 9.17) is 22.1 Å². The maximum absolute atomic E-state index is 14.5. The van der Waals surface area contributed by atoms with Crippen LogP contribution in [0.3, 0.4) is 0 Å². The van der Waals surface area contributed by atoms with E-state index in [2.05, 4.69) is 25.8 Å². The van der Waals surface area contributed by atoms with Gasteiger partial charge in [0.15, 0.2) is 0 Å². The first-order valence-corrected chi connectivity index (χ1v) is 10.7. The summed E-state index contributed by atoms with van der Waals surface area (Å²) in [4.78, 5) is 3.91. The molecule has 1 unspecified atom stereocenters. The molecule has 1 aliphatic rings. The van der Waals surface area contributed by atoms with Crippen LogP contribution in [0.5, 0.6) is 5.75 Å². The van der Waals surface area contributed by atoms with E-state index >= 15 is 0 Å². The number of hydrogen-bond acceptors (Lipinski definition) is 6. The third-order valence-corrected chi connectivity index (χ3v) is 5.55. The average molecular weight is 467 g/mol. The van der Waals surface area contributed by atoms with Gasteiger partial charge in [-0.05, 0) is 55.8 Å². The summed E-state index contributed by atoms with van der Waals surface area (Å²) in [5.74, 6) is 0.957. The Bertz CT molecular complexity index is 1050. The number of H-pyrrole nitrogens is 1. The second kappa shape index (κ2) is 8.94. The molecule has 0 bridgehead atoms. The van der Waals surface area contributed by atoms with Crippen molar-refractivity contribution in [2.24, 2.45) is 0 Å². The molecule has 0 spiro atoms. The second-order valence-corrected chi connectivity index (χ2v) is 8.40. The molecule has 2 heterocycles. The molecule has 2 aromatic carbocycles. The molecule has 1 aromatic heterocycles. The number of anilines is 3. The van der Waals surface area contributed by atoms with Crippen LogP contribution in [0.2, 0.25) is 5.02 Å². The molecule has 1 fully saturated rings. The standard InChI is InChI=1S/C20H22ClF2N6OP/c21-16-10-12(26-19-27-18(24)28-29-19)9-15(20(22,23)31)17(16)11-1-3-13(4-2-11)30-14-5-7-25-8-6-14/h1-4,9-10,14,25H,5-8,31H2,(H4,24,26,27,28,29). The minimum atomic E-state index is -3.21. The van der Waals surface area contributed by atoms with Crippen LogP contribution in [-0.2, 0) is 5.66 Å². The highest BCUT2D eigenvalue weighted by atomic mass is 35.5. The summed E-state index contributed by atoms with van der Waals surface area (Å²) in [6.07, 6.45) is 2.02. The Morgan fingerprint density at radius 2 is 1.90 bits per heavy atom. The van der Waals surface area contributed by atoms with Gasteiger partial charge in [0, 0.05) is 16.8 Å². The van der Waals surface area contributed by atoms with Crippen LogP contribution in [0.15, 0.2) is 36.4 Å². The minimum Gasteiger partial charge on any atom is -0.490 e. The molecule has 1 atom stereocenters. The zero-order valence-electron chi connectivity index (χ0n) is 16.5. The van der Waals surface area contributed by atoms with Crippen LogP contribution in [0.25, 0.3) is 11.1 Å². The van der Waals surface area contributed by atoms with Gasteiger partial charge in [-0.25, -0.2) is 5.10 Å². The van der Waals surface area contributed by atoms with Gasteiger partial charge in [-0.15, -0.1) is 5.10 Å². The number of aromatic amines is 1. The highest BCUT2D eigenvalue weighted by Gasteiger charge is 2.30. The largest absolute Gasteiger partial charge is 0.490 e. The minimum absolute atomic E-state index is 0.105. The number of halogens is 3. The predicted molar refractivity (Wildman–Crippen MR) is 121 cm³/mol. The van der Waals surface area contributed by atoms with Crippen molar-refractivity contribution in [1.29, 1.82) is 0 Å². The van der Waals surface area contributed by atoms with Crippen molar-refractivity contribution >= 4 is 38.4 Å². The normalized spacial score (nSPS) is 15.1. The molecule has 3 aromatic rings. The average Bonchev–Trinajstić information content (AvgIpc) is 3.13. The van der Waals surface area contributed by atoms with Crippen molar-refractivity contribution in [3.8, 4) is 16.9 Å². The van der Waals surface area contributed by atoms with Crippen LogP contribution < -0.4 is 21.1 Å². The van der Waals surface area contributed by atoms with Gasteiger partial charge >= 0.3 is 0 Å². The molecule has 4 rings (SSSR count). The van der Waals surface area contributed by atoms with Gasteiger partial charge in [-0.1, -0.05) is 33.0 Å². The molecular weight excluding hydrogens is 445 g/mol. The van der Waals surface area contributed by atoms with Gasteiger partial charge in [0.25, 0.3) is 5.66 Å². The zero-order valence-corrected chi connectivity index (χ0v) is 18.4. The molecule has 1 saturated heterocycles. The van der Waals surface area contributed by atoms with E-state index < -0.39 is 5.66 Å². The number of benzene rings is 2. The maximum atomic E-state index is 14.5. The van der Waals surface area contributed by atoms with Gasteiger partial charge in [0.05, 0.1) is 5.02 Å². The SMILES string of the molecule is Nc1nc(Nc2cc(Cl)c(-c3ccc(OC4CCNCC4)cc3)c(C(F)(F)P)c2)n[nH]1. The van der Waals surface area contributed by atoms with E-state index in [0.717, 1.165) is 25.9 Å². The topological polar surface area (TPSA) is 101 Å². The van der Waals surface area contributed by atoms with E-state index in [9.17, 15) is 8.78 Å². The van der Waals surface area contributed by atoms with Gasteiger partial charge in [0.1, 0.15) is 11.9 Å². The Kier molecular flexibility index (Phi) is 6.27. The number of aromatic nitrogens is 3. The Balaban J connectivity index is 1.63. The predicted octanol–water partition coefficient (Wildman–Crippen LogP) is 4.51. The van der Waals surface area contributed by atoms with E-state index in [-0.39, 0.29) is 34.2 Å². The number of rotatable bonds is 6. The number of alkyl halides is 2. The molecule has 31 heavy (non-hydrogen) atoms. The summed E-state index contributed by atoms with van der Waals surface area (Å²) in [5.41, 5.74) is 3.17. The highest BCUT2D eigenvalue weighted by molar-refractivity contribution is 7.17. The van der Waals surface area contributed by atoms with E-state index in [1.165, 1.54) is 6.07 Å². The fourth-order valence-electron chi connectivity index (χ4n) is 3.50. The molecule has 1 aliphatic heterocycles. The van der Waals surface area contributed by atoms with Crippen LogP contribution in [0, 0.1) is 0 Å². The number of ether oxygens (including phenoxy) is 1. The summed E-state index contributed by atoms with van der Waals surface area (Å²) >= 11 is 6.45. The van der Waals surface area contributed by atoms with Crippen LogP contribution in [0.4, 0.5) is 26.4 Å². The first-order valence-electron chi connectivity index (χ1n) is 9.73. The molecule has 11 heteroatoms. The van der Waals surface area contributed by atoms with Crippen molar-refractivity contribution in [2.45, 2.75) is 24.6 Å². The van der Waals surface area contributed by atoms with E-state index in [1.54, 1.807) is 39.6 Å². The Morgan fingerprint density at radius 3 is 2.52 bits per heavy atom. The Labute approximate surface area is 185 Å². The molecular formula is C20H22ClF2N6OP. The lowest BCUT2D eigenvalue weighted by atomic mass is 9.98. The van der Waals surface area contributed by atoms with Crippen LogP contribution >= 0.6 is 20.8 Å². The van der Waals surface area contributed by atoms with E-state index in [1.807, 2.05) is 0 Å². The molecule has 0 radical (unpaired) electrons. The fourth-order valence-corrected chi connectivity index (χ4v) is 4.06. The fraction of sp³-hybridized carbons (Fsp3) is 0.300. The smallest absolute Gasteiger partial charge is 0.284 e. The summed E-state index contributed by atoms with van der Waals surface area (Å²) in [6, 6.07) is 9.90. The lowest BCUT2D eigenvalue weighted by Crippen LogP contribution is -2.34. The van der Waals surface area contributed by atoms with Gasteiger partial charge in [-0.2, -0.15) is 13.8 Å². The van der Waals surface area contributed by atoms with Crippen molar-refractivity contribution < 1.29 is 13.5 Å². The van der Waals surface area contributed by atoms with Crippen LogP contribution in [-0.4, -0.2) is 34.4 Å². The number of piperidine rings is 1. The summed E-state index contributed by atoms with van der Waals surface area (Å²) in [5, 5.41) is 12.6. The van der Waals surface area contributed by atoms with Gasteiger partial charge < -0.3 is 21.1 Å².